The van der Waals surface area contributed by atoms with Gasteiger partial charge in [-0.15, -0.1) is 0 Å². The molecule has 108 valence electrons. The highest BCUT2D eigenvalue weighted by Gasteiger charge is 2.15. The standard InChI is InChI=1S/C14H15Cl2NO2S/c1-9(2)14-13(17-8-19-14)7-20(18)6-10-5-11(15)3-4-12(10)16/h3-5,8-9H,6-7H2,1-2H3/t20-/m0/s1. The maximum Gasteiger partial charge on any atom is 0.181 e. The summed E-state index contributed by atoms with van der Waals surface area (Å²) in [4.78, 5) is 4.14. The van der Waals surface area contributed by atoms with Crippen molar-refractivity contribution in [1.82, 2.24) is 4.98 Å². The molecule has 2 rings (SSSR count). The number of rotatable bonds is 5. The predicted octanol–water partition coefficient (Wildman–Crippen LogP) is 4.55. The van der Waals surface area contributed by atoms with Gasteiger partial charge < -0.3 is 4.42 Å². The van der Waals surface area contributed by atoms with Gasteiger partial charge in [0.25, 0.3) is 0 Å². The van der Waals surface area contributed by atoms with E-state index in [1.807, 2.05) is 13.8 Å². The van der Waals surface area contributed by atoms with E-state index in [2.05, 4.69) is 4.98 Å². The van der Waals surface area contributed by atoms with E-state index >= 15 is 0 Å². The first kappa shape index (κ1) is 15.5. The van der Waals surface area contributed by atoms with Gasteiger partial charge in [0.1, 0.15) is 5.76 Å². The summed E-state index contributed by atoms with van der Waals surface area (Å²) in [6.07, 6.45) is 1.40. The molecule has 0 saturated heterocycles. The molecule has 1 aromatic carbocycles. The van der Waals surface area contributed by atoms with Crippen molar-refractivity contribution in [3.8, 4) is 0 Å². The molecule has 0 aliphatic heterocycles. The quantitative estimate of drug-likeness (QED) is 0.806. The third kappa shape index (κ3) is 3.84. The van der Waals surface area contributed by atoms with Crippen LogP contribution in [-0.2, 0) is 22.3 Å². The molecule has 2 aromatic rings. The van der Waals surface area contributed by atoms with Gasteiger partial charge in [-0.05, 0) is 23.8 Å². The fraction of sp³-hybridized carbons (Fsp3) is 0.357. The second kappa shape index (κ2) is 6.74. The summed E-state index contributed by atoms with van der Waals surface area (Å²) < 4.78 is 17.6. The Morgan fingerprint density at radius 3 is 2.75 bits per heavy atom. The van der Waals surface area contributed by atoms with E-state index < -0.39 is 10.8 Å². The smallest absolute Gasteiger partial charge is 0.181 e. The van der Waals surface area contributed by atoms with E-state index in [-0.39, 0.29) is 5.92 Å². The third-order valence-electron chi connectivity index (χ3n) is 2.82. The lowest BCUT2D eigenvalue weighted by Gasteiger charge is -2.06. The fourth-order valence-electron chi connectivity index (χ4n) is 1.89. The molecule has 0 unspecified atom stereocenters. The van der Waals surface area contributed by atoms with Crippen molar-refractivity contribution < 1.29 is 8.63 Å². The lowest BCUT2D eigenvalue weighted by molar-refractivity contribution is 0.480. The van der Waals surface area contributed by atoms with E-state index in [0.717, 1.165) is 17.0 Å². The normalized spacial score (nSPS) is 12.8. The predicted molar refractivity (Wildman–Crippen MR) is 82.6 cm³/mol. The van der Waals surface area contributed by atoms with Gasteiger partial charge in [0.2, 0.25) is 0 Å². The summed E-state index contributed by atoms with van der Waals surface area (Å²) in [5.74, 6) is 1.71. The molecule has 0 radical (unpaired) electrons. The van der Waals surface area contributed by atoms with Crippen LogP contribution in [0.4, 0.5) is 0 Å². The molecule has 0 spiro atoms. The maximum atomic E-state index is 12.2. The van der Waals surface area contributed by atoms with Gasteiger partial charge in [-0.2, -0.15) is 0 Å². The molecule has 1 atom stereocenters. The Kier molecular flexibility index (Phi) is 5.24. The Balaban J connectivity index is 2.09. The van der Waals surface area contributed by atoms with Crippen LogP contribution in [0, 0.1) is 0 Å². The molecule has 0 bridgehead atoms. The first-order chi connectivity index (χ1) is 9.47. The zero-order valence-corrected chi connectivity index (χ0v) is 13.6. The van der Waals surface area contributed by atoms with Crippen molar-refractivity contribution in [3.05, 3.63) is 51.7 Å². The molecule has 0 aliphatic rings. The Labute approximate surface area is 130 Å². The van der Waals surface area contributed by atoms with Crippen LogP contribution < -0.4 is 0 Å². The molecule has 0 fully saturated rings. The maximum absolute atomic E-state index is 12.2. The highest BCUT2D eigenvalue weighted by Crippen LogP contribution is 2.24. The van der Waals surface area contributed by atoms with Crippen LogP contribution in [0.25, 0.3) is 0 Å². The SMILES string of the molecule is CC(C)c1ocnc1C[S@@](=O)Cc1cc(Cl)ccc1Cl. The summed E-state index contributed by atoms with van der Waals surface area (Å²) in [6, 6.07) is 5.17. The number of oxazole rings is 1. The third-order valence-corrected chi connectivity index (χ3v) is 4.65. The van der Waals surface area contributed by atoms with Crippen molar-refractivity contribution in [2.75, 3.05) is 0 Å². The summed E-state index contributed by atoms with van der Waals surface area (Å²) >= 11 is 12.0. The molecule has 0 saturated carbocycles. The number of halogens is 2. The minimum Gasteiger partial charge on any atom is -0.448 e. The van der Waals surface area contributed by atoms with Gasteiger partial charge >= 0.3 is 0 Å². The second-order valence-electron chi connectivity index (χ2n) is 4.78. The topological polar surface area (TPSA) is 43.1 Å². The summed E-state index contributed by atoms with van der Waals surface area (Å²) in [7, 11) is -1.11. The van der Waals surface area contributed by atoms with Gasteiger partial charge in [0, 0.05) is 26.8 Å². The van der Waals surface area contributed by atoms with Crippen molar-refractivity contribution in [3.63, 3.8) is 0 Å². The highest BCUT2D eigenvalue weighted by molar-refractivity contribution is 7.83. The monoisotopic (exact) mass is 331 g/mol. The molecule has 0 amide bonds. The Bertz CT molecular complexity index is 625. The summed E-state index contributed by atoms with van der Waals surface area (Å²) in [5, 5.41) is 1.16. The number of benzene rings is 1. The van der Waals surface area contributed by atoms with Crippen molar-refractivity contribution in [1.29, 1.82) is 0 Å². The van der Waals surface area contributed by atoms with E-state index in [4.69, 9.17) is 27.6 Å². The van der Waals surface area contributed by atoms with Crippen molar-refractivity contribution in [2.45, 2.75) is 31.3 Å². The van der Waals surface area contributed by atoms with E-state index in [0.29, 0.717) is 21.6 Å². The minimum atomic E-state index is -1.11. The molecule has 20 heavy (non-hydrogen) atoms. The Hall–Kier alpha value is -0.840. The average molecular weight is 332 g/mol. The number of aromatic nitrogens is 1. The van der Waals surface area contributed by atoms with Gasteiger partial charge in [-0.1, -0.05) is 37.0 Å². The van der Waals surface area contributed by atoms with Crippen LogP contribution in [-0.4, -0.2) is 9.19 Å². The first-order valence-corrected chi connectivity index (χ1v) is 8.43. The lowest BCUT2D eigenvalue weighted by atomic mass is 10.1. The van der Waals surface area contributed by atoms with Gasteiger partial charge in [0.05, 0.1) is 17.2 Å². The molecule has 0 aliphatic carbocycles. The number of nitrogens with zero attached hydrogens (tertiary/aromatic N) is 1. The zero-order valence-electron chi connectivity index (χ0n) is 11.2. The molecular formula is C14H15Cl2NO2S. The first-order valence-electron chi connectivity index (χ1n) is 6.18. The van der Waals surface area contributed by atoms with Crippen molar-refractivity contribution >= 4 is 34.0 Å². The zero-order chi connectivity index (χ0) is 14.7. The van der Waals surface area contributed by atoms with Crippen LogP contribution in [0.3, 0.4) is 0 Å². The number of hydrogen-bond acceptors (Lipinski definition) is 3. The van der Waals surface area contributed by atoms with Gasteiger partial charge in [0.15, 0.2) is 6.39 Å². The van der Waals surface area contributed by atoms with E-state index in [1.165, 1.54) is 6.39 Å². The Morgan fingerprint density at radius 2 is 2.05 bits per heavy atom. The minimum absolute atomic E-state index is 0.222. The van der Waals surface area contributed by atoms with Crippen LogP contribution in [0.15, 0.2) is 29.0 Å². The largest absolute Gasteiger partial charge is 0.448 e. The number of hydrogen-bond donors (Lipinski definition) is 0. The van der Waals surface area contributed by atoms with Gasteiger partial charge in [-0.25, -0.2) is 4.98 Å². The molecule has 6 heteroatoms. The Morgan fingerprint density at radius 1 is 1.30 bits per heavy atom. The molecule has 1 aromatic heterocycles. The molecule has 1 heterocycles. The molecule has 3 nitrogen and oxygen atoms in total. The van der Waals surface area contributed by atoms with E-state index in [9.17, 15) is 4.21 Å². The van der Waals surface area contributed by atoms with Crippen LogP contribution in [0.5, 0.6) is 0 Å². The lowest BCUT2D eigenvalue weighted by Crippen LogP contribution is -2.03. The molecule has 0 N–H and O–H groups in total. The highest BCUT2D eigenvalue weighted by atomic mass is 35.5. The summed E-state index contributed by atoms with van der Waals surface area (Å²) in [6.45, 7) is 4.03. The average Bonchev–Trinajstić information content (AvgIpc) is 2.82. The van der Waals surface area contributed by atoms with Crippen LogP contribution in [0.1, 0.15) is 36.8 Å². The van der Waals surface area contributed by atoms with Crippen molar-refractivity contribution in [2.24, 2.45) is 0 Å². The summed E-state index contributed by atoms with van der Waals surface area (Å²) in [5.41, 5.74) is 1.53. The van der Waals surface area contributed by atoms with Crippen LogP contribution in [0.2, 0.25) is 10.0 Å². The second-order valence-corrected chi connectivity index (χ2v) is 7.08. The van der Waals surface area contributed by atoms with Crippen LogP contribution >= 0.6 is 23.2 Å². The van der Waals surface area contributed by atoms with E-state index in [1.54, 1.807) is 18.2 Å². The fourth-order valence-corrected chi connectivity index (χ4v) is 3.55. The molecular weight excluding hydrogens is 317 g/mol. The van der Waals surface area contributed by atoms with Gasteiger partial charge in [-0.3, -0.25) is 4.21 Å².